The van der Waals surface area contributed by atoms with Gasteiger partial charge in [-0.15, -0.1) is 0 Å². The van der Waals surface area contributed by atoms with Gasteiger partial charge in [-0.1, -0.05) is 42.1 Å². The van der Waals surface area contributed by atoms with E-state index in [1.807, 2.05) is 69.3 Å². The molecule has 0 radical (unpaired) electrons. The molecule has 26 heavy (non-hydrogen) atoms. The number of carbonyl (C=O) groups excluding carboxylic acids is 1. The van der Waals surface area contributed by atoms with Gasteiger partial charge in [0, 0.05) is 17.1 Å². The Kier molecular flexibility index (Phi) is 5.47. The summed E-state index contributed by atoms with van der Waals surface area (Å²) in [7, 11) is 0. The first-order valence-electron chi connectivity index (χ1n) is 8.57. The lowest BCUT2D eigenvalue weighted by atomic mass is 10.1. The molecule has 0 saturated carbocycles. The Hall–Kier alpha value is -2.53. The molecule has 0 aliphatic heterocycles. The van der Waals surface area contributed by atoms with Gasteiger partial charge < -0.3 is 5.32 Å². The van der Waals surface area contributed by atoms with Crippen molar-refractivity contribution in [1.29, 1.82) is 0 Å². The minimum Gasteiger partial charge on any atom is -0.325 e. The van der Waals surface area contributed by atoms with Crippen molar-refractivity contribution in [3.63, 3.8) is 0 Å². The van der Waals surface area contributed by atoms with Crippen molar-refractivity contribution in [3.05, 3.63) is 71.0 Å². The number of aromatic nitrogens is 2. The second-order valence-electron chi connectivity index (χ2n) is 6.32. The van der Waals surface area contributed by atoms with Crippen LogP contribution in [0.3, 0.4) is 0 Å². The molecule has 0 spiro atoms. The van der Waals surface area contributed by atoms with Crippen LogP contribution >= 0.6 is 11.8 Å². The number of nitrogens with one attached hydrogen (secondary N) is 1. The standard InChI is InChI=1S/C21H23N3OS/c1-14-9-8-12-19(15(14)2)23-20(25)13-26-21-22-16(3)17(4)24(21)18-10-6-5-7-11-18/h5-12H,13H2,1-4H3,(H,23,25). The Morgan fingerprint density at radius 3 is 2.50 bits per heavy atom. The number of rotatable bonds is 5. The van der Waals surface area contributed by atoms with E-state index < -0.39 is 0 Å². The molecule has 1 aromatic heterocycles. The van der Waals surface area contributed by atoms with Crippen LogP contribution in [0.5, 0.6) is 0 Å². The van der Waals surface area contributed by atoms with Crippen molar-refractivity contribution < 1.29 is 4.79 Å². The fourth-order valence-electron chi connectivity index (χ4n) is 2.76. The van der Waals surface area contributed by atoms with E-state index >= 15 is 0 Å². The minimum atomic E-state index is -0.0263. The zero-order valence-electron chi connectivity index (χ0n) is 15.5. The van der Waals surface area contributed by atoms with Crippen LogP contribution < -0.4 is 5.32 Å². The number of amides is 1. The fraction of sp³-hybridized carbons (Fsp3) is 0.238. The fourth-order valence-corrected chi connectivity index (χ4v) is 3.67. The number of hydrogen-bond donors (Lipinski definition) is 1. The van der Waals surface area contributed by atoms with Crippen molar-refractivity contribution in [2.45, 2.75) is 32.9 Å². The Labute approximate surface area is 158 Å². The molecule has 0 aliphatic rings. The van der Waals surface area contributed by atoms with Crippen molar-refractivity contribution >= 4 is 23.4 Å². The van der Waals surface area contributed by atoms with E-state index in [9.17, 15) is 4.79 Å². The van der Waals surface area contributed by atoms with Gasteiger partial charge in [-0.05, 0) is 57.0 Å². The van der Waals surface area contributed by atoms with E-state index in [0.717, 1.165) is 33.5 Å². The summed E-state index contributed by atoms with van der Waals surface area (Å²) in [4.78, 5) is 17.1. The number of anilines is 1. The first-order valence-corrected chi connectivity index (χ1v) is 9.56. The molecule has 0 unspecified atom stereocenters. The summed E-state index contributed by atoms with van der Waals surface area (Å²) in [6.07, 6.45) is 0. The number of carbonyl (C=O) groups is 1. The summed E-state index contributed by atoms with van der Waals surface area (Å²) >= 11 is 1.45. The van der Waals surface area contributed by atoms with E-state index in [1.165, 1.54) is 17.3 Å². The van der Waals surface area contributed by atoms with Crippen LogP contribution in [-0.4, -0.2) is 21.2 Å². The summed E-state index contributed by atoms with van der Waals surface area (Å²) < 4.78 is 2.10. The highest BCUT2D eigenvalue weighted by molar-refractivity contribution is 7.99. The maximum atomic E-state index is 12.4. The van der Waals surface area contributed by atoms with Gasteiger partial charge in [0.2, 0.25) is 5.91 Å². The summed E-state index contributed by atoms with van der Waals surface area (Å²) in [5.41, 5.74) is 6.27. The number of hydrogen-bond acceptors (Lipinski definition) is 3. The Balaban J connectivity index is 1.75. The third kappa shape index (κ3) is 3.83. The molecule has 4 nitrogen and oxygen atoms in total. The molecule has 1 N–H and O–H groups in total. The maximum absolute atomic E-state index is 12.4. The lowest BCUT2D eigenvalue weighted by Crippen LogP contribution is -2.15. The Bertz CT molecular complexity index is 932. The number of aryl methyl sites for hydroxylation is 2. The van der Waals surface area contributed by atoms with Crippen LogP contribution in [0.1, 0.15) is 22.5 Å². The smallest absolute Gasteiger partial charge is 0.234 e. The molecule has 134 valence electrons. The maximum Gasteiger partial charge on any atom is 0.234 e. The van der Waals surface area contributed by atoms with Gasteiger partial charge in [0.25, 0.3) is 0 Å². The molecule has 0 aliphatic carbocycles. The molecule has 0 bridgehead atoms. The molecule has 5 heteroatoms. The van der Waals surface area contributed by atoms with Gasteiger partial charge in [0.1, 0.15) is 0 Å². The number of nitrogens with zero attached hydrogens (tertiary/aromatic N) is 2. The third-order valence-electron chi connectivity index (χ3n) is 4.54. The van der Waals surface area contributed by atoms with E-state index in [2.05, 4.69) is 21.8 Å². The number of imidazole rings is 1. The summed E-state index contributed by atoms with van der Waals surface area (Å²) in [5.74, 6) is 0.289. The first kappa shape index (κ1) is 18.3. The summed E-state index contributed by atoms with van der Waals surface area (Å²) in [6, 6.07) is 16.0. The summed E-state index contributed by atoms with van der Waals surface area (Å²) in [5, 5.41) is 3.84. The molecule has 1 heterocycles. The van der Waals surface area contributed by atoms with Crippen molar-refractivity contribution in [2.24, 2.45) is 0 Å². The highest BCUT2D eigenvalue weighted by Gasteiger charge is 2.15. The molecule has 1 amide bonds. The van der Waals surface area contributed by atoms with Crippen LogP contribution in [0.2, 0.25) is 0 Å². The average Bonchev–Trinajstić information content (AvgIpc) is 2.92. The topological polar surface area (TPSA) is 46.9 Å². The van der Waals surface area contributed by atoms with Crippen LogP contribution in [0.25, 0.3) is 5.69 Å². The van der Waals surface area contributed by atoms with Crippen LogP contribution in [0, 0.1) is 27.7 Å². The van der Waals surface area contributed by atoms with E-state index in [4.69, 9.17) is 0 Å². The van der Waals surface area contributed by atoms with Crippen molar-refractivity contribution in [1.82, 2.24) is 9.55 Å². The van der Waals surface area contributed by atoms with Crippen LogP contribution in [-0.2, 0) is 4.79 Å². The predicted octanol–water partition coefficient (Wildman–Crippen LogP) is 4.84. The second kappa shape index (κ2) is 7.79. The molecule has 3 aromatic rings. The molecule has 0 atom stereocenters. The minimum absolute atomic E-state index is 0.0263. The average molecular weight is 366 g/mol. The largest absolute Gasteiger partial charge is 0.325 e. The first-order chi connectivity index (χ1) is 12.5. The molecule has 0 fully saturated rings. The summed E-state index contributed by atoms with van der Waals surface area (Å²) in [6.45, 7) is 8.11. The second-order valence-corrected chi connectivity index (χ2v) is 7.26. The van der Waals surface area contributed by atoms with Gasteiger partial charge in [-0.25, -0.2) is 4.98 Å². The Morgan fingerprint density at radius 2 is 1.77 bits per heavy atom. The lowest BCUT2D eigenvalue weighted by molar-refractivity contribution is -0.113. The predicted molar refractivity (Wildman–Crippen MR) is 108 cm³/mol. The van der Waals surface area contributed by atoms with Crippen LogP contribution in [0.4, 0.5) is 5.69 Å². The van der Waals surface area contributed by atoms with E-state index in [-0.39, 0.29) is 5.91 Å². The molecule has 2 aromatic carbocycles. The van der Waals surface area contributed by atoms with Gasteiger partial charge in [0.15, 0.2) is 5.16 Å². The van der Waals surface area contributed by atoms with Crippen molar-refractivity contribution in [3.8, 4) is 5.69 Å². The van der Waals surface area contributed by atoms with Gasteiger partial charge in [0.05, 0.1) is 11.4 Å². The SMILES string of the molecule is Cc1cccc(NC(=O)CSc2nc(C)c(C)n2-c2ccccc2)c1C. The lowest BCUT2D eigenvalue weighted by Gasteiger charge is -2.11. The number of para-hydroxylation sites is 1. The quantitative estimate of drug-likeness (QED) is 0.658. The van der Waals surface area contributed by atoms with Gasteiger partial charge >= 0.3 is 0 Å². The molecule has 3 rings (SSSR count). The molecular weight excluding hydrogens is 342 g/mol. The van der Waals surface area contributed by atoms with Crippen LogP contribution in [0.15, 0.2) is 53.7 Å². The number of thioether (sulfide) groups is 1. The Morgan fingerprint density at radius 1 is 1.04 bits per heavy atom. The van der Waals surface area contributed by atoms with Gasteiger partial charge in [-0.2, -0.15) is 0 Å². The van der Waals surface area contributed by atoms with Crippen molar-refractivity contribution in [2.75, 3.05) is 11.1 Å². The normalized spacial score (nSPS) is 10.8. The zero-order chi connectivity index (χ0) is 18.7. The number of benzene rings is 2. The highest BCUT2D eigenvalue weighted by Crippen LogP contribution is 2.26. The van der Waals surface area contributed by atoms with E-state index in [1.54, 1.807) is 0 Å². The monoisotopic (exact) mass is 365 g/mol. The third-order valence-corrected chi connectivity index (χ3v) is 5.48. The highest BCUT2D eigenvalue weighted by atomic mass is 32.2. The zero-order valence-corrected chi connectivity index (χ0v) is 16.4. The van der Waals surface area contributed by atoms with E-state index in [0.29, 0.717) is 5.75 Å². The molecule has 0 saturated heterocycles. The molecular formula is C21H23N3OS. The van der Waals surface area contributed by atoms with Gasteiger partial charge in [-0.3, -0.25) is 9.36 Å².